The molecule has 6 nitrogen and oxygen atoms in total. The highest BCUT2D eigenvalue weighted by Crippen LogP contribution is 2.19. The largest absolute Gasteiger partial charge is 0.347 e. The van der Waals surface area contributed by atoms with E-state index in [1.165, 1.54) is 4.31 Å². The summed E-state index contributed by atoms with van der Waals surface area (Å²) in [5.41, 5.74) is 1.15. The van der Waals surface area contributed by atoms with Crippen LogP contribution in [0.15, 0.2) is 29.2 Å². The number of piperazine rings is 1. The summed E-state index contributed by atoms with van der Waals surface area (Å²) in [7, 11) is 0.00756. The summed E-state index contributed by atoms with van der Waals surface area (Å²) >= 11 is 0. The number of hydrogen-bond donors (Lipinski definition) is 0. The first kappa shape index (κ1) is 19.9. The number of nitrogens with zero attached hydrogens (tertiary/aromatic N) is 3. The predicted molar refractivity (Wildman–Crippen MR) is 98.9 cm³/mol. The Morgan fingerprint density at radius 1 is 1.12 bits per heavy atom. The van der Waals surface area contributed by atoms with Crippen LogP contribution in [-0.4, -0.2) is 74.7 Å². The average molecular weight is 368 g/mol. The summed E-state index contributed by atoms with van der Waals surface area (Å²) in [6.45, 7) is 5.92. The number of sulfonamides is 1. The highest BCUT2D eigenvalue weighted by molar-refractivity contribution is 7.89. The van der Waals surface area contributed by atoms with Gasteiger partial charge < -0.3 is 4.90 Å². The second-order valence-corrected chi connectivity index (χ2v) is 8.68. The number of carbonyl (C=O) groups is 1. The van der Waals surface area contributed by atoms with Gasteiger partial charge in [-0.25, -0.2) is 8.42 Å². The molecule has 1 saturated heterocycles. The highest BCUT2D eigenvalue weighted by atomic mass is 32.2. The van der Waals surface area contributed by atoms with Crippen LogP contribution in [0.25, 0.3) is 0 Å². The molecule has 1 aliphatic rings. The smallest absolute Gasteiger partial charge is 0.243 e. The molecule has 0 aliphatic carbocycles. The van der Waals surface area contributed by atoms with Gasteiger partial charge in [0, 0.05) is 40.3 Å². The minimum absolute atomic E-state index is 0.0443. The van der Waals surface area contributed by atoms with E-state index in [0.29, 0.717) is 31.1 Å². The molecule has 1 heterocycles. The maximum Gasteiger partial charge on any atom is 0.243 e. The van der Waals surface area contributed by atoms with Crippen molar-refractivity contribution in [3.63, 3.8) is 0 Å². The minimum atomic E-state index is -3.47. The van der Waals surface area contributed by atoms with Gasteiger partial charge in [-0.2, -0.15) is 4.31 Å². The summed E-state index contributed by atoms with van der Waals surface area (Å²) in [4.78, 5) is 16.0. The maximum absolute atomic E-state index is 12.8. The van der Waals surface area contributed by atoms with Crippen LogP contribution >= 0.6 is 0 Å². The molecule has 140 valence electrons. The zero-order valence-corrected chi connectivity index (χ0v) is 16.4. The van der Waals surface area contributed by atoms with Crippen LogP contribution in [-0.2, 0) is 21.2 Å². The van der Waals surface area contributed by atoms with Crippen molar-refractivity contribution in [1.29, 1.82) is 0 Å². The molecule has 1 aliphatic heterocycles. The summed E-state index contributed by atoms with van der Waals surface area (Å²) in [6, 6.07) is 6.96. The van der Waals surface area contributed by atoms with E-state index < -0.39 is 10.0 Å². The highest BCUT2D eigenvalue weighted by Gasteiger charge is 2.32. The molecule has 0 N–H and O–H groups in total. The summed E-state index contributed by atoms with van der Waals surface area (Å²) in [5, 5.41) is 0. The number of rotatable bonds is 6. The van der Waals surface area contributed by atoms with E-state index in [0.717, 1.165) is 18.4 Å². The fraction of sp³-hybridized carbons (Fsp3) is 0.611. The van der Waals surface area contributed by atoms with Crippen molar-refractivity contribution in [2.24, 2.45) is 0 Å². The van der Waals surface area contributed by atoms with Crippen LogP contribution in [0.5, 0.6) is 0 Å². The number of carbonyl (C=O) groups excluding carboxylic acids is 1. The van der Waals surface area contributed by atoms with Gasteiger partial charge in [-0.05, 0) is 31.0 Å². The molecule has 1 fully saturated rings. The molecule has 25 heavy (non-hydrogen) atoms. The molecule has 0 saturated carbocycles. The molecule has 0 unspecified atom stereocenters. The number of aryl methyl sites for hydroxylation is 1. The predicted octanol–water partition coefficient (Wildman–Crippen LogP) is 1.42. The first-order valence-corrected chi connectivity index (χ1v) is 10.3. The van der Waals surface area contributed by atoms with Gasteiger partial charge in [0.2, 0.25) is 15.9 Å². The molecular formula is C18H29N3O3S. The first-order chi connectivity index (χ1) is 11.8. The average Bonchev–Trinajstić information content (AvgIpc) is 2.61. The van der Waals surface area contributed by atoms with E-state index in [1.54, 1.807) is 31.1 Å². The molecule has 0 aromatic heterocycles. The molecule has 1 aromatic carbocycles. The lowest BCUT2D eigenvalue weighted by molar-refractivity contribution is -0.134. The van der Waals surface area contributed by atoms with Gasteiger partial charge in [0.25, 0.3) is 0 Å². The Morgan fingerprint density at radius 2 is 1.68 bits per heavy atom. The molecule has 0 spiro atoms. The lowest BCUT2D eigenvalue weighted by atomic mass is 10.1. The number of benzene rings is 1. The van der Waals surface area contributed by atoms with Crippen molar-refractivity contribution in [1.82, 2.24) is 14.1 Å². The lowest BCUT2D eigenvalue weighted by Gasteiger charge is -2.37. The zero-order chi connectivity index (χ0) is 18.6. The van der Waals surface area contributed by atoms with E-state index in [9.17, 15) is 13.2 Å². The fourth-order valence-electron chi connectivity index (χ4n) is 3.13. The Bertz CT molecular complexity index is 678. The molecule has 0 radical (unpaired) electrons. The van der Waals surface area contributed by atoms with Gasteiger partial charge in [0.15, 0.2) is 0 Å². The quantitative estimate of drug-likeness (QED) is 0.763. The van der Waals surface area contributed by atoms with Crippen molar-refractivity contribution < 1.29 is 13.2 Å². The van der Waals surface area contributed by atoms with E-state index in [2.05, 4.69) is 6.92 Å². The van der Waals surface area contributed by atoms with Crippen molar-refractivity contribution >= 4 is 15.9 Å². The summed E-state index contributed by atoms with van der Waals surface area (Å²) in [5.74, 6) is 0.0443. The van der Waals surface area contributed by atoms with Gasteiger partial charge in [-0.1, -0.05) is 25.5 Å². The molecule has 2 rings (SSSR count). The Hall–Kier alpha value is -1.44. The number of hydrogen-bond acceptors (Lipinski definition) is 4. The van der Waals surface area contributed by atoms with Crippen LogP contribution < -0.4 is 0 Å². The Labute approximate surface area is 151 Å². The standard InChI is InChI=1S/C18H29N3O3S/c1-5-6-16-7-9-17(10-8-16)25(23,24)21-13-11-20(12-14-21)15(2)18(22)19(3)4/h7-10,15H,5-6,11-14H2,1-4H3/t15-/m0/s1. The molecule has 0 bridgehead atoms. The fourth-order valence-corrected chi connectivity index (χ4v) is 4.55. The maximum atomic E-state index is 12.8. The first-order valence-electron chi connectivity index (χ1n) is 8.81. The number of amides is 1. The summed E-state index contributed by atoms with van der Waals surface area (Å²) in [6.07, 6.45) is 1.99. The third-order valence-electron chi connectivity index (χ3n) is 4.72. The lowest BCUT2D eigenvalue weighted by Crippen LogP contribution is -2.54. The Morgan fingerprint density at radius 3 is 2.16 bits per heavy atom. The third kappa shape index (κ3) is 4.59. The molecule has 7 heteroatoms. The Kier molecular flexibility index (Phi) is 6.59. The molecule has 1 atom stereocenters. The van der Waals surface area contributed by atoms with Crippen LogP contribution in [0.4, 0.5) is 0 Å². The molecular weight excluding hydrogens is 338 g/mol. The van der Waals surface area contributed by atoms with Crippen LogP contribution in [0, 0.1) is 0 Å². The number of likely N-dealkylation sites (N-methyl/N-ethyl adjacent to an activating group) is 1. The van der Waals surface area contributed by atoms with Crippen LogP contribution in [0.1, 0.15) is 25.8 Å². The van der Waals surface area contributed by atoms with E-state index in [-0.39, 0.29) is 11.9 Å². The second kappa shape index (κ2) is 8.29. The third-order valence-corrected chi connectivity index (χ3v) is 6.63. The van der Waals surface area contributed by atoms with Crippen molar-refractivity contribution in [3.8, 4) is 0 Å². The van der Waals surface area contributed by atoms with Crippen molar-refractivity contribution in [3.05, 3.63) is 29.8 Å². The molecule has 1 amide bonds. The topological polar surface area (TPSA) is 60.9 Å². The Balaban J connectivity index is 2.02. The molecule has 1 aromatic rings. The van der Waals surface area contributed by atoms with Gasteiger partial charge in [-0.15, -0.1) is 0 Å². The summed E-state index contributed by atoms with van der Waals surface area (Å²) < 4.78 is 27.1. The van der Waals surface area contributed by atoms with E-state index >= 15 is 0 Å². The second-order valence-electron chi connectivity index (χ2n) is 6.74. The SMILES string of the molecule is CCCc1ccc(S(=O)(=O)N2CCN([C@@H](C)C(=O)N(C)C)CC2)cc1. The zero-order valence-electron chi connectivity index (χ0n) is 15.6. The van der Waals surface area contributed by atoms with Crippen LogP contribution in [0.3, 0.4) is 0 Å². The van der Waals surface area contributed by atoms with Crippen molar-refractivity contribution in [2.45, 2.75) is 37.6 Å². The van der Waals surface area contributed by atoms with Gasteiger partial charge in [0.05, 0.1) is 10.9 Å². The normalized spacial score (nSPS) is 18.1. The van der Waals surface area contributed by atoms with E-state index in [1.807, 2.05) is 24.0 Å². The van der Waals surface area contributed by atoms with Gasteiger partial charge in [0.1, 0.15) is 0 Å². The van der Waals surface area contributed by atoms with Crippen molar-refractivity contribution in [2.75, 3.05) is 40.3 Å². The van der Waals surface area contributed by atoms with Gasteiger partial charge >= 0.3 is 0 Å². The van der Waals surface area contributed by atoms with Gasteiger partial charge in [-0.3, -0.25) is 9.69 Å². The van der Waals surface area contributed by atoms with Crippen LogP contribution in [0.2, 0.25) is 0 Å². The minimum Gasteiger partial charge on any atom is -0.347 e. The van der Waals surface area contributed by atoms with E-state index in [4.69, 9.17) is 0 Å². The monoisotopic (exact) mass is 367 g/mol.